The Labute approximate surface area is 125 Å². The second-order valence-corrected chi connectivity index (χ2v) is 6.86. The molecule has 0 saturated heterocycles. The van der Waals surface area contributed by atoms with Crippen molar-refractivity contribution >= 4 is 32.7 Å². The van der Waals surface area contributed by atoms with Crippen LogP contribution in [0.1, 0.15) is 18.1 Å². The minimum absolute atomic E-state index is 0.203. The largest absolute Gasteiger partial charge is 0.288 e. The second kappa shape index (κ2) is 5.02. The third-order valence-corrected chi connectivity index (χ3v) is 4.87. The summed E-state index contributed by atoms with van der Waals surface area (Å²) in [5.41, 5.74) is 5.62. The fourth-order valence-corrected chi connectivity index (χ4v) is 3.33. The fourth-order valence-electron chi connectivity index (χ4n) is 1.99. The molecule has 0 saturated carbocycles. The molecule has 1 heterocycles. The molecular formula is C15H13BrN2S. The Kier molecular flexibility index (Phi) is 3.37. The molecule has 0 aliphatic carbocycles. The number of hydrogen-bond donors (Lipinski definition) is 1. The second-order valence-electron chi connectivity index (χ2n) is 4.54. The van der Waals surface area contributed by atoms with E-state index in [1.807, 2.05) is 18.2 Å². The Bertz CT molecular complexity index is 610. The van der Waals surface area contributed by atoms with E-state index >= 15 is 0 Å². The summed E-state index contributed by atoms with van der Waals surface area (Å²) in [6, 6.07) is 18.6. The van der Waals surface area contributed by atoms with Gasteiger partial charge in [-0.3, -0.25) is 5.43 Å². The fraction of sp³-hybridized carbons (Fsp3) is 0.133. The third-order valence-electron chi connectivity index (χ3n) is 3.09. The van der Waals surface area contributed by atoms with Crippen molar-refractivity contribution in [3.63, 3.8) is 0 Å². The van der Waals surface area contributed by atoms with E-state index in [0.29, 0.717) is 0 Å². The number of rotatable bonds is 2. The van der Waals surface area contributed by atoms with Gasteiger partial charge in [-0.1, -0.05) is 70.2 Å². The van der Waals surface area contributed by atoms with E-state index in [1.54, 1.807) is 11.8 Å². The summed E-state index contributed by atoms with van der Waals surface area (Å²) in [6.07, 6.45) is 0. The first kappa shape index (κ1) is 12.8. The number of halogens is 1. The Morgan fingerprint density at radius 2 is 1.74 bits per heavy atom. The van der Waals surface area contributed by atoms with Crippen molar-refractivity contribution in [1.82, 2.24) is 5.43 Å². The first-order chi connectivity index (χ1) is 9.17. The summed E-state index contributed by atoms with van der Waals surface area (Å²) < 4.78 is 1.09. The molecule has 2 nitrogen and oxygen atoms in total. The van der Waals surface area contributed by atoms with Crippen LogP contribution in [0, 0.1) is 0 Å². The first-order valence-electron chi connectivity index (χ1n) is 6.03. The molecule has 96 valence electrons. The summed E-state index contributed by atoms with van der Waals surface area (Å²) in [4.78, 5) is -0.203. The van der Waals surface area contributed by atoms with Gasteiger partial charge in [-0.2, -0.15) is 5.10 Å². The molecule has 19 heavy (non-hydrogen) atoms. The lowest BCUT2D eigenvalue weighted by molar-refractivity contribution is 0.563. The highest BCUT2D eigenvalue weighted by Gasteiger charge is 2.34. The maximum absolute atomic E-state index is 4.48. The maximum atomic E-state index is 4.48. The van der Waals surface area contributed by atoms with Crippen LogP contribution in [0.15, 0.2) is 64.2 Å². The van der Waals surface area contributed by atoms with Crippen molar-refractivity contribution in [2.45, 2.75) is 11.8 Å². The number of nitrogens with one attached hydrogen (secondary N) is 1. The van der Waals surface area contributed by atoms with Crippen molar-refractivity contribution < 1.29 is 0 Å². The van der Waals surface area contributed by atoms with Gasteiger partial charge in [0.15, 0.2) is 0 Å². The molecular weight excluding hydrogens is 320 g/mol. The molecule has 3 rings (SSSR count). The van der Waals surface area contributed by atoms with E-state index in [0.717, 1.165) is 15.1 Å². The van der Waals surface area contributed by atoms with Gasteiger partial charge in [-0.25, -0.2) is 0 Å². The predicted molar refractivity (Wildman–Crippen MR) is 85.2 cm³/mol. The number of nitrogens with zero attached hydrogens (tertiary/aromatic N) is 1. The van der Waals surface area contributed by atoms with Gasteiger partial charge in [-0.15, -0.1) is 0 Å². The minimum atomic E-state index is -0.203. The number of thioether (sulfide) groups is 1. The number of hydrazone groups is 1. The van der Waals surface area contributed by atoms with Crippen LogP contribution in [0.2, 0.25) is 0 Å². The zero-order valence-corrected chi connectivity index (χ0v) is 12.8. The molecule has 1 N–H and O–H groups in total. The minimum Gasteiger partial charge on any atom is -0.288 e. The third kappa shape index (κ3) is 2.55. The van der Waals surface area contributed by atoms with Gasteiger partial charge in [0.25, 0.3) is 0 Å². The summed E-state index contributed by atoms with van der Waals surface area (Å²) in [5, 5.41) is 5.51. The highest BCUT2D eigenvalue weighted by Crippen LogP contribution is 2.40. The van der Waals surface area contributed by atoms with Gasteiger partial charge in [0.1, 0.15) is 9.91 Å². The number of benzene rings is 2. The molecule has 0 aromatic heterocycles. The summed E-state index contributed by atoms with van der Waals surface area (Å²) in [5.74, 6) is 0. The van der Waals surface area contributed by atoms with Crippen molar-refractivity contribution in [2.24, 2.45) is 5.10 Å². The Morgan fingerprint density at radius 3 is 2.42 bits per heavy atom. The molecule has 2 aromatic rings. The van der Waals surface area contributed by atoms with Crippen LogP contribution < -0.4 is 5.43 Å². The normalized spacial score (nSPS) is 21.9. The molecule has 1 unspecified atom stereocenters. The molecule has 2 aromatic carbocycles. The van der Waals surface area contributed by atoms with E-state index in [1.165, 1.54) is 5.56 Å². The quantitative estimate of drug-likeness (QED) is 0.885. The molecule has 0 radical (unpaired) electrons. The lowest BCUT2D eigenvalue weighted by atomic mass is 10.1. The van der Waals surface area contributed by atoms with Crippen LogP contribution in [0.25, 0.3) is 0 Å². The highest BCUT2D eigenvalue weighted by molar-refractivity contribution is 9.10. The van der Waals surface area contributed by atoms with Gasteiger partial charge >= 0.3 is 0 Å². The van der Waals surface area contributed by atoms with E-state index in [2.05, 4.69) is 69.8 Å². The van der Waals surface area contributed by atoms with E-state index in [9.17, 15) is 0 Å². The molecule has 1 atom stereocenters. The van der Waals surface area contributed by atoms with Crippen molar-refractivity contribution in [1.29, 1.82) is 0 Å². The van der Waals surface area contributed by atoms with Gasteiger partial charge in [0.05, 0.1) is 0 Å². The average Bonchev–Trinajstić information content (AvgIpc) is 2.84. The van der Waals surface area contributed by atoms with Gasteiger partial charge in [0, 0.05) is 10.0 Å². The van der Waals surface area contributed by atoms with Gasteiger partial charge in [0.2, 0.25) is 0 Å². The summed E-state index contributed by atoms with van der Waals surface area (Å²) >= 11 is 5.21. The SMILES string of the molecule is CC1(c2ccc(Br)cc2)NN=C(c2ccccc2)S1. The Morgan fingerprint density at radius 1 is 1.05 bits per heavy atom. The van der Waals surface area contributed by atoms with Crippen LogP contribution in [0.3, 0.4) is 0 Å². The van der Waals surface area contributed by atoms with Crippen LogP contribution in [-0.4, -0.2) is 5.04 Å². The summed E-state index contributed by atoms with van der Waals surface area (Å²) in [7, 11) is 0. The topological polar surface area (TPSA) is 24.4 Å². The standard InChI is InChI=1S/C15H13BrN2S/c1-15(12-7-9-13(16)10-8-12)18-17-14(19-15)11-5-3-2-4-6-11/h2-10,18H,1H3. The lowest BCUT2D eigenvalue weighted by Gasteiger charge is -2.23. The predicted octanol–water partition coefficient (Wildman–Crippen LogP) is 4.32. The smallest absolute Gasteiger partial charge is 0.128 e. The number of hydrogen-bond acceptors (Lipinski definition) is 3. The van der Waals surface area contributed by atoms with Crippen LogP contribution >= 0.6 is 27.7 Å². The molecule has 0 amide bonds. The molecule has 4 heteroatoms. The molecule has 0 bridgehead atoms. The van der Waals surface area contributed by atoms with Crippen molar-refractivity contribution in [3.8, 4) is 0 Å². The molecule has 0 spiro atoms. The van der Waals surface area contributed by atoms with Gasteiger partial charge < -0.3 is 0 Å². The first-order valence-corrected chi connectivity index (χ1v) is 7.64. The monoisotopic (exact) mass is 332 g/mol. The van der Waals surface area contributed by atoms with Crippen LogP contribution in [-0.2, 0) is 4.87 Å². The Hall–Kier alpha value is -1.26. The lowest BCUT2D eigenvalue weighted by Crippen LogP contribution is -2.28. The molecule has 1 aliphatic rings. The van der Waals surface area contributed by atoms with Gasteiger partial charge in [-0.05, 0) is 24.6 Å². The zero-order chi connectivity index (χ0) is 13.3. The summed E-state index contributed by atoms with van der Waals surface area (Å²) in [6.45, 7) is 2.15. The van der Waals surface area contributed by atoms with Crippen molar-refractivity contribution in [3.05, 3.63) is 70.2 Å². The average molecular weight is 333 g/mol. The van der Waals surface area contributed by atoms with E-state index in [4.69, 9.17) is 0 Å². The maximum Gasteiger partial charge on any atom is 0.128 e. The van der Waals surface area contributed by atoms with E-state index in [-0.39, 0.29) is 4.87 Å². The zero-order valence-electron chi connectivity index (χ0n) is 10.4. The van der Waals surface area contributed by atoms with E-state index < -0.39 is 0 Å². The Balaban J connectivity index is 1.85. The van der Waals surface area contributed by atoms with Crippen LogP contribution in [0.5, 0.6) is 0 Å². The highest BCUT2D eigenvalue weighted by atomic mass is 79.9. The molecule has 0 fully saturated rings. The van der Waals surface area contributed by atoms with Crippen LogP contribution in [0.4, 0.5) is 0 Å². The van der Waals surface area contributed by atoms with Crippen molar-refractivity contribution in [2.75, 3.05) is 0 Å². The molecule has 1 aliphatic heterocycles.